The van der Waals surface area contributed by atoms with Gasteiger partial charge in [0.05, 0.1) is 25.1 Å². The third-order valence-electron chi connectivity index (χ3n) is 4.49. The maximum Gasteiger partial charge on any atom is 0.308 e. The molecule has 144 valence electrons. The van der Waals surface area contributed by atoms with Crippen molar-refractivity contribution in [1.29, 1.82) is 0 Å². The number of likely N-dealkylation sites (tertiary alicyclic amines) is 1. The van der Waals surface area contributed by atoms with Crippen LogP contribution in [-0.2, 0) is 27.4 Å². The van der Waals surface area contributed by atoms with Gasteiger partial charge in [0.1, 0.15) is 17.4 Å². The number of amides is 1. The molecular weight excluding hydrogens is 388 g/mol. The molecule has 0 radical (unpaired) electrons. The summed E-state index contributed by atoms with van der Waals surface area (Å²) in [5.41, 5.74) is 0.745. The number of nitrogens with zero attached hydrogens (tertiary/aromatic N) is 2. The SMILES string of the molecule is COC(=O)C1CCN(C(=O)Cc2csc(COc3ccc(Cl)cc3)n2)CC1. The minimum absolute atomic E-state index is 0.0359. The van der Waals surface area contributed by atoms with Crippen molar-refractivity contribution in [2.45, 2.75) is 25.9 Å². The molecule has 2 heterocycles. The fourth-order valence-electron chi connectivity index (χ4n) is 2.97. The number of benzene rings is 1. The van der Waals surface area contributed by atoms with E-state index in [9.17, 15) is 9.59 Å². The molecule has 0 spiro atoms. The molecule has 0 N–H and O–H groups in total. The molecule has 1 saturated heterocycles. The van der Waals surface area contributed by atoms with Gasteiger partial charge in [-0.25, -0.2) is 4.98 Å². The Hall–Kier alpha value is -2.12. The van der Waals surface area contributed by atoms with E-state index < -0.39 is 0 Å². The highest BCUT2D eigenvalue weighted by atomic mass is 35.5. The molecule has 0 bridgehead atoms. The van der Waals surface area contributed by atoms with E-state index in [0.29, 0.717) is 37.6 Å². The molecule has 2 aromatic rings. The van der Waals surface area contributed by atoms with Gasteiger partial charge in [0.2, 0.25) is 5.91 Å². The van der Waals surface area contributed by atoms with Crippen LogP contribution in [0.4, 0.5) is 0 Å². The Morgan fingerprint density at radius 1 is 1.26 bits per heavy atom. The first-order valence-corrected chi connectivity index (χ1v) is 9.98. The van der Waals surface area contributed by atoms with Crippen LogP contribution in [0.3, 0.4) is 0 Å². The third-order valence-corrected chi connectivity index (χ3v) is 5.61. The summed E-state index contributed by atoms with van der Waals surface area (Å²) in [6, 6.07) is 7.15. The van der Waals surface area contributed by atoms with E-state index in [4.69, 9.17) is 21.1 Å². The summed E-state index contributed by atoms with van der Waals surface area (Å²) in [6.07, 6.45) is 1.56. The molecule has 1 aliphatic heterocycles. The van der Waals surface area contributed by atoms with Crippen LogP contribution in [0.5, 0.6) is 5.75 Å². The number of halogens is 1. The zero-order valence-corrected chi connectivity index (χ0v) is 16.6. The predicted octanol–water partition coefficient (Wildman–Crippen LogP) is 3.33. The lowest BCUT2D eigenvalue weighted by Crippen LogP contribution is -2.41. The molecule has 8 heteroatoms. The van der Waals surface area contributed by atoms with E-state index >= 15 is 0 Å². The second kappa shape index (κ2) is 9.19. The molecule has 1 fully saturated rings. The quantitative estimate of drug-likeness (QED) is 0.686. The van der Waals surface area contributed by atoms with Gasteiger partial charge in [0, 0.05) is 23.5 Å². The fraction of sp³-hybridized carbons (Fsp3) is 0.421. The lowest BCUT2D eigenvalue weighted by atomic mass is 9.97. The van der Waals surface area contributed by atoms with Crippen LogP contribution in [0.15, 0.2) is 29.6 Å². The minimum Gasteiger partial charge on any atom is -0.486 e. The average Bonchev–Trinajstić information content (AvgIpc) is 3.14. The normalized spacial score (nSPS) is 14.8. The molecule has 1 aliphatic rings. The molecule has 27 heavy (non-hydrogen) atoms. The Kier molecular flexibility index (Phi) is 6.68. The van der Waals surface area contributed by atoms with E-state index in [1.807, 2.05) is 5.38 Å². The van der Waals surface area contributed by atoms with Gasteiger partial charge in [0.25, 0.3) is 0 Å². The fourth-order valence-corrected chi connectivity index (χ4v) is 3.80. The maximum atomic E-state index is 12.5. The lowest BCUT2D eigenvalue weighted by molar-refractivity contribution is -0.148. The molecule has 0 unspecified atom stereocenters. The van der Waals surface area contributed by atoms with Crippen molar-refractivity contribution in [3.05, 3.63) is 45.4 Å². The molecule has 1 amide bonds. The van der Waals surface area contributed by atoms with Gasteiger partial charge in [-0.2, -0.15) is 0 Å². The standard InChI is InChI=1S/C19H21ClN2O4S/c1-25-19(24)13-6-8-22(9-7-13)18(23)10-15-12-27-17(21-15)11-26-16-4-2-14(20)3-5-16/h2-5,12-13H,6-11H2,1H3. The second-order valence-electron chi connectivity index (χ2n) is 6.33. The number of carbonyl (C=O) groups excluding carboxylic acids is 2. The van der Waals surface area contributed by atoms with Gasteiger partial charge >= 0.3 is 5.97 Å². The zero-order chi connectivity index (χ0) is 19.2. The number of rotatable bonds is 6. The number of thiazole rings is 1. The zero-order valence-electron chi connectivity index (χ0n) is 15.0. The van der Waals surface area contributed by atoms with Crippen molar-refractivity contribution in [2.75, 3.05) is 20.2 Å². The van der Waals surface area contributed by atoms with Crippen molar-refractivity contribution in [1.82, 2.24) is 9.88 Å². The van der Waals surface area contributed by atoms with Gasteiger partial charge in [-0.15, -0.1) is 11.3 Å². The molecule has 1 aromatic carbocycles. The smallest absolute Gasteiger partial charge is 0.308 e. The number of aromatic nitrogens is 1. The van der Waals surface area contributed by atoms with E-state index in [2.05, 4.69) is 4.98 Å². The number of ether oxygens (including phenoxy) is 2. The number of hydrogen-bond donors (Lipinski definition) is 0. The Morgan fingerprint density at radius 3 is 2.63 bits per heavy atom. The molecule has 0 saturated carbocycles. The summed E-state index contributed by atoms with van der Waals surface area (Å²) in [7, 11) is 1.40. The van der Waals surface area contributed by atoms with Gasteiger partial charge < -0.3 is 14.4 Å². The summed E-state index contributed by atoms with van der Waals surface area (Å²) < 4.78 is 10.5. The highest BCUT2D eigenvalue weighted by molar-refractivity contribution is 7.09. The Balaban J connectivity index is 1.46. The molecule has 1 aromatic heterocycles. The van der Waals surface area contributed by atoms with Crippen LogP contribution >= 0.6 is 22.9 Å². The van der Waals surface area contributed by atoms with Crippen LogP contribution in [0.1, 0.15) is 23.5 Å². The predicted molar refractivity (Wildman–Crippen MR) is 103 cm³/mol. The number of carbonyl (C=O) groups is 2. The first-order chi connectivity index (χ1) is 13.0. The first kappa shape index (κ1) is 19.6. The number of esters is 1. The van der Waals surface area contributed by atoms with Crippen molar-refractivity contribution >= 4 is 34.8 Å². The number of hydrogen-bond acceptors (Lipinski definition) is 6. The lowest BCUT2D eigenvalue weighted by Gasteiger charge is -2.30. The molecule has 0 atom stereocenters. The molecule has 3 rings (SSSR count). The van der Waals surface area contributed by atoms with E-state index in [-0.39, 0.29) is 24.2 Å². The van der Waals surface area contributed by atoms with Crippen LogP contribution < -0.4 is 4.74 Å². The summed E-state index contributed by atoms with van der Waals surface area (Å²) in [5, 5.41) is 3.37. The van der Waals surface area contributed by atoms with Crippen molar-refractivity contribution in [3.63, 3.8) is 0 Å². The highest BCUT2D eigenvalue weighted by Gasteiger charge is 2.28. The van der Waals surface area contributed by atoms with Crippen molar-refractivity contribution in [3.8, 4) is 5.75 Å². The Bertz CT molecular complexity index is 785. The number of piperidine rings is 1. The van der Waals surface area contributed by atoms with Crippen LogP contribution in [0.2, 0.25) is 5.02 Å². The summed E-state index contributed by atoms with van der Waals surface area (Å²) in [5.74, 6) is 0.469. The van der Waals surface area contributed by atoms with Gasteiger partial charge in [0.15, 0.2) is 0 Å². The van der Waals surface area contributed by atoms with Gasteiger partial charge in [-0.05, 0) is 37.1 Å². The molecule has 0 aliphatic carbocycles. The monoisotopic (exact) mass is 408 g/mol. The van der Waals surface area contributed by atoms with E-state index in [1.165, 1.54) is 18.4 Å². The first-order valence-electron chi connectivity index (χ1n) is 8.72. The summed E-state index contributed by atoms with van der Waals surface area (Å²) >= 11 is 7.32. The maximum absolute atomic E-state index is 12.5. The number of methoxy groups -OCH3 is 1. The highest BCUT2D eigenvalue weighted by Crippen LogP contribution is 2.21. The summed E-state index contributed by atoms with van der Waals surface area (Å²) in [4.78, 5) is 30.3. The van der Waals surface area contributed by atoms with Crippen LogP contribution in [0.25, 0.3) is 0 Å². The van der Waals surface area contributed by atoms with Crippen molar-refractivity contribution < 1.29 is 19.1 Å². The third kappa shape index (κ3) is 5.43. The van der Waals surface area contributed by atoms with Gasteiger partial charge in [-0.1, -0.05) is 11.6 Å². The average molecular weight is 409 g/mol. The topological polar surface area (TPSA) is 68.7 Å². The van der Waals surface area contributed by atoms with E-state index in [0.717, 1.165) is 16.5 Å². The second-order valence-corrected chi connectivity index (χ2v) is 7.71. The summed E-state index contributed by atoms with van der Waals surface area (Å²) in [6.45, 7) is 1.51. The molecular formula is C19H21ClN2O4S. The van der Waals surface area contributed by atoms with Crippen LogP contribution in [-0.4, -0.2) is 42.0 Å². The van der Waals surface area contributed by atoms with Crippen molar-refractivity contribution in [2.24, 2.45) is 5.92 Å². The Morgan fingerprint density at radius 2 is 1.96 bits per heavy atom. The van der Waals surface area contributed by atoms with Gasteiger partial charge in [-0.3, -0.25) is 9.59 Å². The van der Waals surface area contributed by atoms with Crippen LogP contribution in [0, 0.1) is 5.92 Å². The minimum atomic E-state index is -0.188. The largest absolute Gasteiger partial charge is 0.486 e. The van der Waals surface area contributed by atoms with E-state index in [1.54, 1.807) is 29.2 Å². The molecule has 6 nitrogen and oxygen atoms in total. The Labute approximate surface area is 167 Å².